The molecule has 1 unspecified atom stereocenters. The van der Waals surface area contributed by atoms with Crippen molar-refractivity contribution in [2.24, 2.45) is 0 Å². The maximum atomic E-state index is 12.1. The van der Waals surface area contributed by atoms with Gasteiger partial charge in [-0.3, -0.25) is 4.79 Å². The van der Waals surface area contributed by atoms with Gasteiger partial charge in [0.05, 0.1) is 0 Å². The lowest BCUT2D eigenvalue weighted by Crippen LogP contribution is -2.23. The summed E-state index contributed by atoms with van der Waals surface area (Å²) in [5, 5.41) is 0. The molecule has 0 bridgehead atoms. The Balaban J connectivity index is 1.83. The molecule has 17 heavy (non-hydrogen) atoms. The van der Waals surface area contributed by atoms with Crippen molar-refractivity contribution in [2.75, 3.05) is 0 Å². The molecule has 0 aliphatic heterocycles. The summed E-state index contributed by atoms with van der Waals surface area (Å²) in [4.78, 5) is 12.1. The summed E-state index contributed by atoms with van der Waals surface area (Å²) in [6, 6.07) is 17.2. The standard InChI is InChI=1S/C15H12O2/c16-15-13-9-5-4-6-11(13)10-14(15)17-12-7-2-1-3-8-12/h1-9,14H,10H2. The molecular formula is C15H12O2. The number of carbonyl (C=O) groups excluding carboxylic acids is 1. The second kappa shape index (κ2) is 4.06. The van der Waals surface area contributed by atoms with Gasteiger partial charge < -0.3 is 4.74 Å². The second-order valence-corrected chi connectivity index (χ2v) is 4.15. The van der Waals surface area contributed by atoms with Gasteiger partial charge >= 0.3 is 0 Å². The van der Waals surface area contributed by atoms with Gasteiger partial charge in [-0.2, -0.15) is 0 Å². The first-order chi connectivity index (χ1) is 8.34. The van der Waals surface area contributed by atoms with Crippen LogP contribution in [0.2, 0.25) is 0 Å². The lowest BCUT2D eigenvalue weighted by Gasteiger charge is -2.11. The zero-order valence-electron chi connectivity index (χ0n) is 9.30. The van der Waals surface area contributed by atoms with E-state index in [9.17, 15) is 4.79 Å². The van der Waals surface area contributed by atoms with Gasteiger partial charge in [-0.1, -0.05) is 42.5 Å². The Morgan fingerprint density at radius 3 is 2.41 bits per heavy atom. The van der Waals surface area contributed by atoms with Crippen molar-refractivity contribution >= 4 is 5.78 Å². The fraction of sp³-hybridized carbons (Fsp3) is 0.133. The normalized spacial score (nSPS) is 17.9. The Hall–Kier alpha value is -2.09. The van der Waals surface area contributed by atoms with Crippen molar-refractivity contribution in [1.82, 2.24) is 0 Å². The van der Waals surface area contributed by atoms with Crippen LogP contribution in [0.5, 0.6) is 5.75 Å². The highest BCUT2D eigenvalue weighted by molar-refractivity contribution is 6.04. The van der Waals surface area contributed by atoms with Crippen LogP contribution in [0, 0.1) is 0 Å². The van der Waals surface area contributed by atoms with Crippen LogP contribution in [0.15, 0.2) is 54.6 Å². The molecule has 0 N–H and O–H groups in total. The fourth-order valence-electron chi connectivity index (χ4n) is 2.16. The fourth-order valence-corrected chi connectivity index (χ4v) is 2.16. The van der Waals surface area contributed by atoms with E-state index in [1.165, 1.54) is 0 Å². The molecule has 0 fully saturated rings. The predicted octanol–water partition coefficient (Wildman–Crippen LogP) is 2.87. The molecule has 0 aromatic heterocycles. The molecule has 2 nitrogen and oxygen atoms in total. The van der Waals surface area contributed by atoms with Gasteiger partial charge in [0.15, 0.2) is 6.10 Å². The number of hydrogen-bond donors (Lipinski definition) is 0. The number of carbonyl (C=O) groups is 1. The molecular weight excluding hydrogens is 212 g/mol. The number of rotatable bonds is 2. The molecule has 0 saturated carbocycles. The average molecular weight is 224 g/mol. The number of hydrogen-bond acceptors (Lipinski definition) is 2. The Labute approximate surface area is 99.9 Å². The van der Waals surface area contributed by atoms with Crippen molar-refractivity contribution in [3.05, 3.63) is 65.7 Å². The van der Waals surface area contributed by atoms with Crippen molar-refractivity contribution in [1.29, 1.82) is 0 Å². The van der Waals surface area contributed by atoms with E-state index in [-0.39, 0.29) is 11.9 Å². The average Bonchev–Trinajstić information content (AvgIpc) is 2.68. The molecule has 2 heteroatoms. The molecule has 0 amide bonds. The lowest BCUT2D eigenvalue weighted by atomic mass is 10.1. The summed E-state index contributed by atoms with van der Waals surface area (Å²) in [5.41, 5.74) is 1.88. The molecule has 0 spiro atoms. The highest BCUT2D eigenvalue weighted by Crippen LogP contribution is 2.25. The van der Waals surface area contributed by atoms with Gasteiger partial charge in [-0.05, 0) is 17.7 Å². The highest BCUT2D eigenvalue weighted by Gasteiger charge is 2.31. The quantitative estimate of drug-likeness (QED) is 0.784. The Morgan fingerprint density at radius 2 is 1.65 bits per heavy atom. The van der Waals surface area contributed by atoms with Crippen LogP contribution in [0.1, 0.15) is 15.9 Å². The second-order valence-electron chi connectivity index (χ2n) is 4.15. The maximum Gasteiger partial charge on any atom is 0.203 e. The van der Waals surface area contributed by atoms with Gasteiger partial charge in [0, 0.05) is 12.0 Å². The molecule has 84 valence electrons. The summed E-state index contributed by atoms with van der Waals surface area (Å²) in [7, 11) is 0. The summed E-state index contributed by atoms with van der Waals surface area (Å²) < 4.78 is 5.72. The topological polar surface area (TPSA) is 26.3 Å². The summed E-state index contributed by atoms with van der Waals surface area (Å²) in [6.45, 7) is 0. The third kappa shape index (κ3) is 1.82. The van der Waals surface area contributed by atoms with Crippen LogP contribution in [0.4, 0.5) is 0 Å². The van der Waals surface area contributed by atoms with E-state index in [1.54, 1.807) is 0 Å². The van der Waals surface area contributed by atoms with Crippen molar-refractivity contribution < 1.29 is 9.53 Å². The molecule has 3 rings (SSSR count). The van der Waals surface area contributed by atoms with E-state index in [0.29, 0.717) is 6.42 Å². The minimum absolute atomic E-state index is 0.0875. The van der Waals surface area contributed by atoms with Crippen LogP contribution in [0.3, 0.4) is 0 Å². The van der Waals surface area contributed by atoms with Crippen LogP contribution in [-0.4, -0.2) is 11.9 Å². The first kappa shape index (κ1) is 10.1. The smallest absolute Gasteiger partial charge is 0.203 e. The number of Topliss-reactive ketones (excluding diaryl/α,β-unsaturated/α-hetero) is 1. The molecule has 1 aliphatic rings. The maximum absolute atomic E-state index is 12.1. The van der Waals surface area contributed by atoms with E-state index in [4.69, 9.17) is 4.74 Å². The first-order valence-electron chi connectivity index (χ1n) is 5.68. The van der Waals surface area contributed by atoms with Gasteiger partial charge in [0.1, 0.15) is 5.75 Å². The number of fused-ring (bicyclic) bond motifs is 1. The Kier molecular flexibility index (Phi) is 2.41. The van der Waals surface area contributed by atoms with Gasteiger partial charge in [0.2, 0.25) is 5.78 Å². The molecule has 2 aromatic carbocycles. The zero-order chi connectivity index (χ0) is 11.7. The third-order valence-electron chi connectivity index (χ3n) is 3.00. The van der Waals surface area contributed by atoms with Crippen LogP contribution >= 0.6 is 0 Å². The highest BCUT2D eigenvalue weighted by atomic mass is 16.5. The summed E-state index contributed by atoms with van der Waals surface area (Å²) in [5.74, 6) is 0.836. The minimum atomic E-state index is -0.366. The number of para-hydroxylation sites is 1. The van der Waals surface area contributed by atoms with Crippen molar-refractivity contribution in [3.63, 3.8) is 0 Å². The van der Waals surface area contributed by atoms with Gasteiger partial charge in [-0.15, -0.1) is 0 Å². The van der Waals surface area contributed by atoms with Crippen LogP contribution in [-0.2, 0) is 6.42 Å². The minimum Gasteiger partial charge on any atom is -0.482 e. The largest absolute Gasteiger partial charge is 0.482 e. The molecule has 0 heterocycles. The SMILES string of the molecule is O=C1c2ccccc2CC1Oc1ccccc1. The van der Waals surface area contributed by atoms with E-state index in [2.05, 4.69) is 0 Å². The number of ketones is 1. The van der Waals surface area contributed by atoms with E-state index in [0.717, 1.165) is 16.9 Å². The molecule has 2 aromatic rings. The third-order valence-corrected chi connectivity index (χ3v) is 3.00. The zero-order valence-corrected chi connectivity index (χ0v) is 9.30. The molecule has 1 aliphatic carbocycles. The molecule has 0 radical (unpaired) electrons. The van der Waals surface area contributed by atoms with E-state index in [1.807, 2.05) is 54.6 Å². The van der Waals surface area contributed by atoms with E-state index >= 15 is 0 Å². The first-order valence-corrected chi connectivity index (χ1v) is 5.68. The molecule has 1 atom stereocenters. The van der Waals surface area contributed by atoms with Gasteiger partial charge in [-0.25, -0.2) is 0 Å². The Bertz CT molecular complexity index is 546. The summed E-state index contributed by atoms with van der Waals surface area (Å²) >= 11 is 0. The van der Waals surface area contributed by atoms with E-state index < -0.39 is 0 Å². The van der Waals surface area contributed by atoms with Crippen LogP contribution < -0.4 is 4.74 Å². The lowest BCUT2D eigenvalue weighted by molar-refractivity contribution is 0.0821. The number of ether oxygens (including phenoxy) is 1. The molecule has 0 saturated heterocycles. The number of benzene rings is 2. The van der Waals surface area contributed by atoms with Crippen molar-refractivity contribution in [2.45, 2.75) is 12.5 Å². The van der Waals surface area contributed by atoms with Gasteiger partial charge in [0.25, 0.3) is 0 Å². The summed E-state index contributed by atoms with van der Waals surface area (Å²) in [6.07, 6.45) is 0.305. The van der Waals surface area contributed by atoms with Crippen molar-refractivity contribution in [3.8, 4) is 5.75 Å². The monoisotopic (exact) mass is 224 g/mol. The Morgan fingerprint density at radius 1 is 0.941 bits per heavy atom. The van der Waals surface area contributed by atoms with Crippen LogP contribution in [0.25, 0.3) is 0 Å². The predicted molar refractivity (Wildman–Crippen MR) is 65.3 cm³/mol.